The van der Waals surface area contributed by atoms with Crippen LogP contribution in [0.4, 0.5) is 0 Å². The second-order valence-corrected chi connectivity index (χ2v) is 5.87. The Balaban J connectivity index is 2.82. The number of aromatic nitrogens is 1. The van der Waals surface area contributed by atoms with E-state index in [1.165, 1.54) is 11.1 Å². The average Bonchev–Trinajstić information content (AvgIpc) is 2.41. The zero-order valence-electron chi connectivity index (χ0n) is 14.0. The predicted octanol–water partition coefficient (Wildman–Crippen LogP) is 4.05. The molecule has 2 aromatic rings. The molecule has 0 saturated carbocycles. The van der Waals surface area contributed by atoms with Crippen molar-refractivity contribution >= 4 is 16.7 Å². The molecule has 0 aliphatic rings. The lowest BCUT2D eigenvalue weighted by atomic mass is 9.93. The van der Waals surface area contributed by atoms with E-state index in [1.807, 2.05) is 20.8 Å². The highest BCUT2D eigenvalue weighted by atomic mass is 16.5. The lowest BCUT2D eigenvalue weighted by Crippen LogP contribution is -2.10. The van der Waals surface area contributed by atoms with Gasteiger partial charge in [-0.2, -0.15) is 0 Å². The molecule has 21 heavy (non-hydrogen) atoms. The molecule has 1 heterocycles. The molecule has 0 amide bonds. The van der Waals surface area contributed by atoms with Gasteiger partial charge in [-0.05, 0) is 70.7 Å². The van der Waals surface area contributed by atoms with Crippen LogP contribution in [0.1, 0.15) is 40.4 Å². The number of carbonyl (C=O) groups is 1. The number of fused-ring (bicyclic) bond motifs is 1. The molecular formula is C18H23NO2. The predicted molar refractivity (Wildman–Crippen MR) is 86.3 cm³/mol. The summed E-state index contributed by atoms with van der Waals surface area (Å²) >= 11 is 0. The molecule has 0 spiro atoms. The maximum Gasteiger partial charge on any atom is 0.167 e. The Bertz CT molecular complexity index is 745. The Hall–Kier alpha value is -1.90. The van der Waals surface area contributed by atoms with E-state index >= 15 is 0 Å². The molecule has 3 heteroatoms. The average molecular weight is 285 g/mol. The van der Waals surface area contributed by atoms with Gasteiger partial charge in [0, 0.05) is 16.6 Å². The molecule has 0 aliphatic heterocycles. The van der Waals surface area contributed by atoms with Gasteiger partial charge < -0.3 is 4.74 Å². The van der Waals surface area contributed by atoms with E-state index in [9.17, 15) is 4.79 Å². The van der Waals surface area contributed by atoms with Crippen LogP contribution in [0, 0.1) is 41.5 Å². The van der Waals surface area contributed by atoms with Crippen LogP contribution in [-0.4, -0.2) is 17.4 Å². The zero-order valence-corrected chi connectivity index (χ0v) is 14.0. The minimum Gasteiger partial charge on any atom is -0.485 e. The SMILES string of the molecule is CC(=O)COc1c(C)c(C)c2nc(C)c(C)c(C)c2c1C. The molecule has 0 fully saturated rings. The van der Waals surface area contributed by atoms with Crippen LogP contribution in [0.15, 0.2) is 0 Å². The van der Waals surface area contributed by atoms with Crippen molar-refractivity contribution in [3.8, 4) is 5.75 Å². The van der Waals surface area contributed by atoms with Gasteiger partial charge in [0.2, 0.25) is 0 Å². The Morgan fingerprint density at radius 1 is 0.905 bits per heavy atom. The first-order valence-corrected chi connectivity index (χ1v) is 7.25. The summed E-state index contributed by atoms with van der Waals surface area (Å²) in [5.41, 5.74) is 7.83. The minimum atomic E-state index is 0.0292. The number of ketones is 1. The van der Waals surface area contributed by atoms with Gasteiger partial charge in [0.15, 0.2) is 5.78 Å². The minimum absolute atomic E-state index is 0.0292. The summed E-state index contributed by atoms with van der Waals surface area (Å²) in [6.45, 7) is 14.1. The molecule has 0 aliphatic carbocycles. The van der Waals surface area contributed by atoms with Crippen LogP contribution in [0.3, 0.4) is 0 Å². The van der Waals surface area contributed by atoms with E-state index in [0.717, 1.165) is 39.0 Å². The van der Waals surface area contributed by atoms with Gasteiger partial charge in [-0.25, -0.2) is 0 Å². The fraction of sp³-hybridized carbons (Fsp3) is 0.444. The van der Waals surface area contributed by atoms with Crippen molar-refractivity contribution in [2.75, 3.05) is 6.61 Å². The van der Waals surface area contributed by atoms with Crippen LogP contribution >= 0.6 is 0 Å². The standard InChI is InChI=1S/C18H23NO2/c1-9(20)8-21-18-13(5)12(4)17-16(14(18)6)11(3)10(2)15(7)19-17/h8H2,1-7H3. The van der Waals surface area contributed by atoms with Crippen LogP contribution < -0.4 is 4.74 Å². The number of rotatable bonds is 3. The van der Waals surface area contributed by atoms with Gasteiger partial charge in [-0.15, -0.1) is 0 Å². The highest BCUT2D eigenvalue weighted by molar-refractivity contribution is 5.92. The Kier molecular flexibility index (Phi) is 4.04. The van der Waals surface area contributed by atoms with Crippen molar-refractivity contribution in [1.29, 1.82) is 0 Å². The van der Waals surface area contributed by atoms with Gasteiger partial charge >= 0.3 is 0 Å². The third kappa shape index (κ3) is 2.53. The molecule has 112 valence electrons. The quantitative estimate of drug-likeness (QED) is 0.854. The summed E-state index contributed by atoms with van der Waals surface area (Å²) < 4.78 is 5.77. The molecule has 0 N–H and O–H groups in total. The Morgan fingerprint density at radius 2 is 1.52 bits per heavy atom. The van der Waals surface area contributed by atoms with Gasteiger partial charge in [0.1, 0.15) is 12.4 Å². The van der Waals surface area contributed by atoms with E-state index in [-0.39, 0.29) is 12.4 Å². The first-order valence-electron chi connectivity index (χ1n) is 7.25. The molecule has 3 nitrogen and oxygen atoms in total. The van der Waals surface area contributed by atoms with Crippen LogP contribution in [0.5, 0.6) is 5.75 Å². The van der Waals surface area contributed by atoms with Gasteiger partial charge in [-0.3, -0.25) is 9.78 Å². The molecule has 1 aromatic carbocycles. The van der Waals surface area contributed by atoms with E-state index in [1.54, 1.807) is 6.92 Å². The summed E-state index contributed by atoms with van der Waals surface area (Å²) in [5, 5.41) is 1.15. The summed E-state index contributed by atoms with van der Waals surface area (Å²) in [4.78, 5) is 16.0. The fourth-order valence-electron chi connectivity index (χ4n) is 2.81. The number of aryl methyl sites for hydroxylation is 4. The number of nitrogens with zero attached hydrogens (tertiary/aromatic N) is 1. The molecule has 1 aromatic heterocycles. The summed E-state index contributed by atoms with van der Waals surface area (Å²) in [6, 6.07) is 0. The number of benzene rings is 1. The maximum atomic E-state index is 11.2. The lowest BCUT2D eigenvalue weighted by Gasteiger charge is -2.19. The largest absolute Gasteiger partial charge is 0.485 e. The van der Waals surface area contributed by atoms with Crippen molar-refractivity contribution in [3.05, 3.63) is 33.5 Å². The summed E-state index contributed by atoms with van der Waals surface area (Å²) in [7, 11) is 0. The third-order valence-electron chi connectivity index (χ3n) is 4.39. The van der Waals surface area contributed by atoms with E-state index in [2.05, 4.69) is 20.8 Å². The summed E-state index contributed by atoms with van der Waals surface area (Å²) in [6.07, 6.45) is 0. The van der Waals surface area contributed by atoms with Gasteiger partial charge in [0.25, 0.3) is 0 Å². The van der Waals surface area contributed by atoms with E-state index in [0.29, 0.717) is 0 Å². The van der Waals surface area contributed by atoms with Crippen molar-refractivity contribution in [2.45, 2.75) is 48.5 Å². The number of ether oxygens (including phenoxy) is 1. The molecule has 0 bridgehead atoms. The Labute approximate surface area is 126 Å². The van der Waals surface area contributed by atoms with Gasteiger partial charge in [-0.1, -0.05) is 0 Å². The Morgan fingerprint density at radius 3 is 2.10 bits per heavy atom. The van der Waals surface area contributed by atoms with Crippen molar-refractivity contribution in [1.82, 2.24) is 4.98 Å². The van der Waals surface area contributed by atoms with Crippen LogP contribution in [0.2, 0.25) is 0 Å². The first kappa shape index (κ1) is 15.5. The second kappa shape index (κ2) is 5.47. The zero-order chi connectivity index (χ0) is 15.9. The number of pyridine rings is 1. The molecule has 0 atom stereocenters. The second-order valence-electron chi connectivity index (χ2n) is 5.87. The third-order valence-corrected chi connectivity index (χ3v) is 4.39. The molecule has 0 radical (unpaired) electrons. The molecular weight excluding hydrogens is 262 g/mol. The highest BCUT2D eigenvalue weighted by Gasteiger charge is 2.18. The fourth-order valence-corrected chi connectivity index (χ4v) is 2.81. The maximum absolute atomic E-state index is 11.2. The normalized spacial score (nSPS) is 11.0. The van der Waals surface area contributed by atoms with Crippen molar-refractivity contribution in [3.63, 3.8) is 0 Å². The van der Waals surface area contributed by atoms with E-state index < -0.39 is 0 Å². The monoisotopic (exact) mass is 285 g/mol. The number of hydrogen-bond donors (Lipinski definition) is 0. The molecule has 2 rings (SSSR count). The van der Waals surface area contributed by atoms with Crippen LogP contribution in [-0.2, 0) is 4.79 Å². The van der Waals surface area contributed by atoms with E-state index in [4.69, 9.17) is 9.72 Å². The molecule has 0 unspecified atom stereocenters. The number of carbonyl (C=O) groups excluding carboxylic acids is 1. The van der Waals surface area contributed by atoms with Crippen molar-refractivity contribution < 1.29 is 9.53 Å². The number of Topliss-reactive ketones (excluding diaryl/α,β-unsaturated/α-hetero) is 1. The lowest BCUT2D eigenvalue weighted by molar-refractivity contribution is -0.118. The van der Waals surface area contributed by atoms with Gasteiger partial charge in [0.05, 0.1) is 5.52 Å². The first-order chi connectivity index (χ1) is 9.75. The number of hydrogen-bond acceptors (Lipinski definition) is 3. The topological polar surface area (TPSA) is 39.2 Å². The molecule has 0 saturated heterocycles. The van der Waals surface area contributed by atoms with Crippen molar-refractivity contribution in [2.24, 2.45) is 0 Å². The summed E-state index contributed by atoms with van der Waals surface area (Å²) in [5.74, 6) is 0.852. The smallest absolute Gasteiger partial charge is 0.167 e. The highest BCUT2D eigenvalue weighted by Crippen LogP contribution is 2.36. The van der Waals surface area contributed by atoms with Crippen LogP contribution in [0.25, 0.3) is 10.9 Å².